The first-order chi connectivity index (χ1) is 28.3. The maximum atomic E-state index is 2.49. The molecule has 0 aliphatic heterocycles. The molecule has 0 aliphatic carbocycles. The Kier molecular flexibility index (Phi) is 7.87. The highest BCUT2D eigenvalue weighted by Gasteiger charge is 2.41. The van der Waals surface area contributed by atoms with Gasteiger partial charge in [0, 0.05) is 32.9 Å². The van der Waals surface area contributed by atoms with E-state index in [9.17, 15) is 0 Å². The van der Waals surface area contributed by atoms with Crippen LogP contribution in [0.4, 0.5) is 0 Å². The minimum Gasteiger partial charge on any atom is -0.309 e. The molecule has 0 radical (unpaired) electrons. The molecule has 11 aromatic rings. The highest BCUT2D eigenvalue weighted by atomic mass is 28.3. The number of aromatic nitrogens is 2. The summed E-state index contributed by atoms with van der Waals surface area (Å²) in [6.45, 7) is 0. The Morgan fingerprint density at radius 1 is 0.281 bits per heavy atom. The predicted octanol–water partition coefficient (Wildman–Crippen LogP) is 10.9. The molecule has 0 saturated carbocycles. The largest absolute Gasteiger partial charge is 0.309 e. The van der Waals surface area contributed by atoms with Gasteiger partial charge in [0.15, 0.2) is 8.07 Å². The first kappa shape index (κ1) is 33.2. The van der Waals surface area contributed by atoms with E-state index in [4.69, 9.17) is 0 Å². The zero-order chi connectivity index (χ0) is 37.8. The molecule has 9 aromatic carbocycles. The molecule has 11 rings (SSSR count). The first-order valence-corrected chi connectivity index (χ1v) is 21.7. The summed E-state index contributed by atoms with van der Waals surface area (Å²) < 4.78 is 4.90. The summed E-state index contributed by atoms with van der Waals surface area (Å²) in [5, 5.41) is 10.5. The van der Waals surface area contributed by atoms with Gasteiger partial charge >= 0.3 is 0 Å². The van der Waals surface area contributed by atoms with Gasteiger partial charge in [-0.1, -0.05) is 188 Å². The molecular weight excluding hydrogens is 705 g/mol. The minimum atomic E-state index is -2.62. The lowest BCUT2D eigenvalue weighted by Crippen LogP contribution is -2.74. The number of rotatable bonds is 7. The number of hydrogen-bond donors (Lipinski definition) is 0. The Morgan fingerprint density at radius 2 is 0.737 bits per heavy atom. The summed E-state index contributed by atoms with van der Waals surface area (Å²) in [6, 6.07) is 85.0. The lowest BCUT2D eigenvalue weighted by atomic mass is 10.0. The van der Waals surface area contributed by atoms with E-state index in [1.807, 2.05) is 0 Å². The number of nitrogens with zero attached hydrogens (tertiary/aromatic N) is 2. The number of para-hydroxylation sites is 3. The van der Waals surface area contributed by atoms with E-state index >= 15 is 0 Å². The average Bonchev–Trinajstić information content (AvgIpc) is 3.81. The normalized spacial score (nSPS) is 11.9. The Labute approximate surface area is 333 Å². The first-order valence-electron chi connectivity index (χ1n) is 19.7. The molecule has 0 fully saturated rings. The summed E-state index contributed by atoms with van der Waals surface area (Å²) in [6.07, 6.45) is 0. The van der Waals surface area contributed by atoms with Crippen molar-refractivity contribution in [2.24, 2.45) is 0 Å². The molecule has 0 N–H and O–H groups in total. The van der Waals surface area contributed by atoms with E-state index in [1.54, 1.807) is 0 Å². The van der Waals surface area contributed by atoms with E-state index in [0.717, 1.165) is 11.4 Å². The SMILES string of the molecule is c1ccc(-n2c3ccccc3c3c2ccc2c4ccc(-c5ccc([Si](c6ccccc6)(c6ccccc6)c6ccccc6)cc5)cc4n(-c4ccccc4)c23)cc1. The molecular formula is C54H38N2Si. The fraction of sp³-hybridized carbons (Fsp3) is 0. The van der Waals surface area contributed by atoms with Crippen LogP contribution in [0.2, 0.25) is 0 Å². The molecule has 0 aliphatic rings. The Morgan fingerprint density at radius 3 is 1.32 bits per heavy atom. The Bertz CT molecular complexity index is 3090. The van der Waals surface area contributed by atoms with Crippen LogP contribution in [-0.4, -0.2) is 17.2 Å². The maximum absolute atomic E-state index is 2.62. The van der Waals surface area contributed by atoms with Gasteiger partial charge in [-0.25, -0.2) is 0 Å². The van der Waals surface area contributed by atoms with Gasteiger partial charge in [-0.2, -0.15) is 0 Å². The van der Waals surface area contributed by atoms with Crippen molar-refractivity contribution in [1.82, 2.24) is 9.13 Å². The second kappa shape index (κ2) is 13.5. The molecule has 2 heterocycles. The zero-order valence-corrected chi connectivity index (χ0v) is 32.3. The van der Waals surface area contributed by atoms with Gasteiger partial charge in [0.25, 0.3) is 0 Å². The average molecular weight is 743 g/mol. The van der Waals surface area contributed by atoms with Gasteiger partial charge in [-0.05, 0) is 74.3 Å². The Hall–Kier alpha value is -7.20. The summed E-state index contributed by atoms with van der Waals surface area (Å²) in [5.41, 5.74) is 9.55. The molecule has 268 valence electrons. The minimum absolute atomic E-state index is 1.15. The van der Waals surface area contributed by atoms with Crippen LogP contribution in [0.1, 0.15) is 0 Å². The van der Waals surface area contributed by atoms with E-state index in [2.05, 4.69) is 240 Å². The van der Waals surface area contributed by atoms with Crippen molar-refractivity contribution in [1.29, 1.82) is 0 Å². The maximum Gasteiger partial charge on any atom is 0.179 e. The van der Waals surface area contributed by atoms with Crippen LogP contribution in [-0.2, 0) is 0 Å². The summed E-state index contributed by atoms with van der Waals surface area (Å²) in [4.78, 5) is 0. The zero-order valence-electron chi connectivity index (χ0n) is 31.3. The van der Waals surface area contributed by atoms with Crippen molar-refractivity contribution < 1.29 is 0 Å². The quantitative estimate of drug-likeness (QED) is 0.114. The van der Waals surface area contributed by atoms with Crippen LogP contribution in [0.25, 0.3) is 66.1 Å². The highest BCUT2D eigenvalue weighted by Crippen LogP contribution is 2.42. The third-order valence-corrected chi connectivity index (χ3v) is 16.7. The van der Waals surface area contributed by atoms with Crippen LogP contribution < -0.4 is 20.7 Å². The van der Waals surface area contributed by atoms with Gasteiger partial charge in [0.05, 0.1) is 22.1 Å². The van der Waals surface area contributed by atoms with Crippen molar-refractivity contribution in [3.05, 3.63) is 231 Å². The molecule has 0 unspecified atom stereocenters. The van der Waals surface area contributed by atoms with E-state index in [1.165, 1.54) is 75.5 Å². The number of fused-ring (bicyclic) bond motifs is 7. The molecule has 0 saturated heterocycles. The van der Waals surface area contributed by atoms with Crippen LogP contribution >= 0.6 is 0 Å². The van der Waals surface area contributed by atoms with E-state index in [-0.39, 0.29) is 0 Å². The van der Waals surface area contributed by atoms with Gasteiger partial charge < -0.3 is 9.13 Å². The van der Waals surface area contributed by atoms with Crippen LogP contribution in [0.5, 0.6) is 0 Å². The van der Waals surface area contributed by atoms with Crippen LogP contribution in [0, 0.1) is 0 Å². The predicted molar refractivity (Wildman–Crippen MR) is 244 cm³/mol. The third kappa shape index (κ3) is 5.17. The highest BCUT2D eigenvalue weighted by molar-refractivity contribution is 7.19. The van der Waals surface area contributed by atoms with Crippen molar-refractivity contribution in [2.45, 2.75) is 0 Å². The summed E-state index contributed by atoms with van der Waals surface area (Å²) in [7, 11) is -2.62. The molecule has 2 aromatic heterocycles. The van der Waals surface area contributed by atoms with Crippen molar-refractivity contribution in [3.63, 3.8) is 0 Å². The lowest BCUT2D eigenvalue weighted by molar-refractivity contribution is 1.17. The lowest BCUT2D eigenvalue weighted by Gasteiger charge is -2.34. The van der Waals surface area contributed by atoms with Gasteiger partial charge in [0.2, 0.25) is 0 Å². The molecule has 0 amide bonds. The van der Waals surface area contributed by atoms with E-state index in [0.29, 0.717) is 0 Å². The van der Waals surface area contributed by atoms with Crippen LogP contribution in [0.3, 0.4) is 0 Å². The fourth-order valence-corrected chi connectivity index (χ4v) is 14.2. The third-order valence-electron chi connectivity index (χ3n) is 11.9. The fourth-order valence-electron chi connectivity index (χ4n) is 9.41. The molecule has 3 heteroatoms. The second-order valence-corrected chi connectivity index (χ2v) is 18.7. The van der Waals surface area contributed by atoms with Gasteiger partial charge in [0.1, 0.15) is 0 Å². The molecule has 2 nitrogen and oxygen atoms in total. The summed E-state index contributed by atoms with van der Waals surface area (Å²) in [5.74, 6) is 0. The molecule has 0 atom stereocenters. The Balaban J connectivity index is 1.14. The number of hydrogen-bond acceptors (Lipinski definition) is 0. The molecule has 0 spiro atoms. The monoisotopic (exact) mass is 742 g/mol. The van der Waals surface area contributed by atoms with Gasteiger partial charge in [-0.3, -0.25) is 0 Å². The standard InChI is InChI=1S/C54H38N2Si/c1-6-18-41(19-7-1)55-50-29-17-16-28-49(50)53-51(55)37-36-48-47-35-32-40(38-52(47)56(54(48)53)42-20-8-2-9-21-42)39-30-33-46(34-31-39)57(43-22-10-3-11-23-43,44-24-12-4-13-25-44)45-26-14-5-15-27-45/h1-38H. The number of benzene rings is 9. The van der Waals surface area contributed by atoms with Crippen molar-refractivity contribution >= 4 is 72.4 Å². The summed E-state index contributed by atoms with van der Waals surface area (Å²) >= 11 is 0. The van der Waals surface area contributed by atoms with Gasteiger partial charge in [-0.15, -0.1) is 0 Å². The van der Waals surface area contributed by atoms with Crippen LogP contribution in [0.15, 0.2) is 231 Å². The van der Waals surface area contributed by atoms with Crippen molar-refractivity contribution in [2.75, 3.05) is 0 Å². The topological polar surface area (TPSA) is 9.86 Å². The van der Waals surface area contributed by atoms with Crippen molar-refractivity contribution in [3.8, 4) is 22.5 Å². The smallest absolute Gasteiger partial charge is 0.179 e. The second-order valence-electron chi connectivity index (χ2n) is 14.9. The molecule has 0 bridgehead atoms. The molecule has 57 heavy (non-hydrogen) atoms. The van der Waals surface area contributed by atoms with E-state index < -0.39 is 8.07 Å².